The van der Waals surface area contributed by atoms with Crippen molar-refractivity contribution in [2.45, 2.75) is 13.0 Å². The number of pyridine rings is 1. The average molecular weight is 187 g/mol. The third-order valence-electron chi connectivity index (χ3n) is 1.42. The lowest BCUT2D eigenvalue weighted by atomic mass is 10.3. The van der Waals surface area contributed by atoms with Crippen molar-refractivity contribution in [3.63, 3.8) is 0 Å². The first-order valence-corrected chi connectivity index (χ1v) is 4.09. The van der Waals surface area contributed by atoms with Gasteiger partial charge in [-0.05, 0) is 19.1 Å². The van der Waals surface area contributed by atoms with Gasteiger partial charge in [0.15, 0.2) is 0 Å². The Morgan fingerprint density at radius 3 is 3.08 bits per heavy atom. The van der Waals surface area contributed by atoms with E-state index in [0.29, 0.717) is 10.8 Å². The zero-order valence-electron chi connectivity index (χ0n) is 6.79. The number of anilines is 1. The molecule has 0 saturated heterocycles. The molecular formula is C8H11ClN2O. The SMILES string of the molecule is C[C@@H](CO)Nc1ncccc1Cl. The van der Waals surface area contributed by atoms with Gasteiger partial charge in [0, 0.05) is 12.2 Å². The summed E-state index contributed by atoms with van der Waals surface area (Å²) in [5.41, 5.74) is 0. The molecule has 0 aromatic carbocycles. The van der Waals surface area contributed by atoms with Gasteiger partial charge < -0.3 is 10.4 Å². The van der Waals surface area contributed by atoms with Gasteiger partial charge in [0.2, 0.25) is 0 Å². The van der Waals surface area contributed by atoms with E-state index in [1.54, 1.807) is 18.3 Å². The highest BCUT2D eigenvalue weighted by Gasteiger charge is 2.03. The molecule has 0 amide bonds. The number of halogens is 1. The molecule has 12 heavy (non-hydrogen) atoms. The van der Waals surface area contributed by atoms with Crippen LogP contribution >= 0.6 is 11.6 Å². The van der Waals surface area contributed by atoms with Gasteiger partial charge >= 0.3 is 0 Å². The molecule has 0 saturated carbocycles. The second kappa shape index (κ2) is 4.28. The van der Waals surface area contributed by atoms with Crippen molar-refractivity contribution in [1.29, 1.82) is 0 Å². The smallest absolute Gasteiger partial charge is 0.145 e. The number of aromatic nitrogens is 1. The van der Waals surface area contributed by atoms with Crippen LogP contribution in [0.25, 0.3) is 0 Å². The summed E-state index contributed by atoms with van der Waals surface area (Å²) in [6, 6.07) is 3.48. The Balaban J connectivity index is 2.69. The van der Waals surface area contributed by atoms with Gasteiger partial charge in [0.25, 0.3) is 0 Å². The quantitative estimate of drug-likeness (QED) is 0.753. The van der Waals surface area contributed by atoms with Crippen LogP contribution in [0.15, 0.2) is 18.3 Å². The van der Waals surface area contributed by atoms with Gasteiger partial charge in [-0.25, -0.2) is 4.98 Å². The number of aliphatic hydroxyl groups is 1. The maximum atomic E-state index is 8.75. The maximum absolute atomic E-state index is 8.75. The van der Waals surface area contributed by atoms with Gasteiger partial charge in [-0.1, -0.05) is 11.6 Å². The molecule has 3 nitrogen and oxygen atoms in total. The molecule has 1 aromatic rings. The summed E-state index contributed by atoms with van der Waals surface area (Å²) in [7, 11) is 0. The van der Waals surface area contributed by atoms with Crippen LogP contribution in [0, 0.1) is 0 Å². The molecule has 0 fully saturated rings. The highest BCUT2D eigenvalue weighted by Crippen LogP contribution is 2.17. The van der Waals surface area contributed by atoms with Crippen LogP contribution in [0.4, 0.5) is 5.82 Å². The fourth-order valence-electron chi connectivity index (χ4n) is 0.771. The lowest BCUT2D eigenvalue weighted by Gasteiger charge is -2.11. The Bertz CT molecular complexity index is 255. The highest BCUT2D eigenvalue weighted by atomic mass is 35.5. The van der Waals surface area contributed by atoms with E-state index in [-0.39, 0.29) is 12.6 Å². The van der Waals surface area contributed by atoms with E-state index in [1.165, 1.54) is 0 Å². The molecule has 4 heteroatoms. The standard InChI is InChI=1S/C8H11ClN2O/c1-6(5-12)11-8-7(9)3-2-4-10-8/h2-4,6,12H,5H2,1H3,(H,10,11)/t6-/m0/s1. The van der Waals surface area contributed by atoms with Crippen molar-refractivity contribution >= 4 is 17.4 Å². The molecule has 0 aliphatic carbocycles. The normalized spacial score (nSPS) is 12.6. The lowest BCUT2D eigenvalue weighted by molar-refractivity contribution is 0.281. The first-order valence-electron chi connectivity index (χ1n) is 3.72. The molecule has 0 aliphatic heterocycles. The predicted molar refractivity (Wildman–Crippen MR) is 49.4 cm³/mol. The summed E-state index contributed by atoms with van der Waals surface area (Å²) in [6.07, 6.45) is 1.65. The maximum Gasteiger partial charge on any atom is 0.145 e. The van der Waals surface area contributed by atoms with Crippen molar-refractivity contribution in [3.05, 3.63) is 23.4 Å². The van der Waals surface area contributed by atoms with Gasteiger partial charge in [-0.3, -0.25) is 0 Å². The Hall–Kier alpha value is -0.800. The number of rotatable bonds is 3. The first-order chi connectivity index (χ1) is 5.74. The van der Waals surface area contributed by atoms with Crippen LogP contribution in [0.2, 0.25) is 5.02 Å². The van der Waals surface area contributed by atoms with E-state index >= 15 is 0 Å². The van der Waals surface area contributed by atoms with Gasteiger partial charge in [-0.15, -0.1) is 0 Å². The molecule has 0 unspecified atom stereocenters. The molecule has 0 radical (unpaired) electrons. The number of hydrogen-bond donors (Lipinski definition) is 2. The molecule has 66 valence electrons. The average Bonchev–Trinajstić information content (AvgIpc) is 2.09. The molecule has 1 heterocycles. The Morgan fingerprint density at radius 2 is 2.50 bits per heavy atom. The third kappa shape index (κ3) is 2.36. The van der Waals surface area contributed by atoms with E-state index in [9.17, 15) is 0 Å². The van der Waals surface area contributed by atoms with E-state index in [1.807, 2.05) is 6.92 Å². The summed E-state index contributed by atoms with van der Waals surface area (Å²) in [5.74, 6) is 0.612. The van der Waals surface area contributed by atoms with Crippen molar-refractivity contribution in [2.24, 2.45) is 0 Å². The van der Waals surface area contributed by atoms with E-state index < -0.39 is 0 Å². The topological polar surface area (TPSA) is 45.1 Å². The highest BCUT2D eigenvalue weighted by molar-refractivity contribution is 6.32. The first kappa shape index (κ1) is 9.29. The Labute approximate surface area is 76.4 Å². The van der Waals surface area contributed by atoms with E-state index in [0.717, 1.165) is 0 Å². The number of nitrogens with one attached hydrogen (secondary N) is 1. The largest absolute Gasteiger partial charge is 0.394 e. The minimum absolute atomic E-state index is 0.0302. The fraction of sp³-hybridized carbons (Fsp3) is 0.375. The predicted octanol–water partition coefficient (Wildman–Crippen LogP) is 1.53. The minimum Gasteiger partial charge on any atom is -0.394 e. The summed E-state index contributed by atoms with van der Waals surface area (Å²) >= 11 is 5.82. The Morgan fingerprint density at radius 1 is 1.75 bits per heavy atom. The monoisotopic (exact) mass is 186 g/mol. The van der Waals surface area contributed by atoms with E-state index in [2.05, 4.69) is 10.3 Å². The summed E-state index contributed by atoms with van der Waals surface area (Å²) < 4.78 is 0. The third-order valence-corrected chi connectivity index (χ3v) is 1.72. The molecule has 1 aromatic heterocycles. The van der Waals surface area contributed by atoms with Gasteiger partial charge in [0.05, 0.1) is 11.6 Å². The molecule has 2 N–H and O–H groups in total. The van der Waals surface area contributed by atoms with Gasteiger partial charge in [-0.2, -0.15) is 0 Å². The lowest BCUT2D eigenvalue weighted by Crippen LogP contribution is -2.20. The van der Waals surface area contributed by atoms with Gasteiger partial charge in [0.1, 0.15) is 5.82 Å². The number of nitrogens with zero attached hydrogens (tertiary/aromatic N) is 1. The molecule has 1 rings (SSSR count). The minimum atomic E-state index is -0.0302. The summed E-state index contributed by atoms with van der Waals surface area (Å²) in [4.78, 5) is 4.01. The zero-order chi connectivity index (χ0) is 8.97. The van der Waals surface area contributed by atoms with Crippen LogP contribution in [-0.2, 0) is 0 Å². The number of aliphatic hydroxyl groups excluding tert-OH is 1. The molecule has 0 spiro atoms. The summed E-state index contributed by atoms with van der Waals surface area (Å²) in [6.45, 7) is 1.91. The van der Waals surface area contributed by atoms with Crippen molar-refractivity contribution in [1.82, 2.24) is 4.98 Å². The molecule has 0 aliphatic rings. The second-order valence-electron chi connectivity index (χ2n) is 2.56. The van der Waals surface area contributed by atoms with Crippen LogP contribution in [0.1, 0.15) is 6.92 Å². The van der Waals surface area contributed by atoms with Crippen LogP contribution < -0.4 is 5.32 Å². The van der Waals surface area contributed by atoms with Crippen LogP contribution in [0.5, 0.6) is 0 Å². The fourth-order valence-corrected chi connectivity index (χ4v) is 0.947. The van der Waals surface area contributed by atoms with Crippen molar-refractivity contribution < 1.29 is 5.11 Å². The molecule has 1 atom stereocenters. The number of hydrogen-bond acceptors (Lipinski definition) is 3. The van der Waals surface area contributed by atoms with Crippen LogP contribution in [0.3, 0.4) is 0 Å². The molecule has 0 bridgehead atoms. The van der Waals surface area contributed by atoms with Crippen molar-refractivity contribution in [3.8, 4) is 0 Å². The second-order valence-corrected chi connectivity index (χ2v) is 2.97. The molecular weight excluding hydrogens is 176 g/mol. The van der Waals surface area contributed by atoms with Crippen LogP contribution in [-0.4, -0.2) is 22.7 Å². The van der Waals surface area contributed by atoms with Crippen molar-refractivity contribution in [2.75, 3.05) is 11.9 Å². The Kier molecular flexibility index (Phi) is 3.31. The van der Waals surface area contributed by atoms with E-state index in [4.69, 9.17) is 16.7 Å². The zero-order valence-corrected chi connectivity index (χ0v) is 7.54. The summed E-state index contributed by atoms with van der Waals surface area (Å²) in [5, 5.41) is 12.3.